The Hall–Kier alpha value is -0.710. The van der Waals surface area contributed by atoms with E-state index >= 15 is 0 Å². The zero-order valence-electron chi connectivity index (χ0n) is 11.6. The number of alkyl halides is 4. The number of aryl methyl sites for hydroxylation is 1. The maximum atomic E-state index is 12.7. The monoisotopic (exact) mass is 421 g/mol. The van der Waals surface area contributed by atoms with E-state index < -0.39 is 19.0 Å². The molecule has 0 aliphatic rings. The normalized spacial score (nSPS) is 12.0. The third-order valence-corrected chi connectivity index (χ3v) is 3.74. The van der Waals surface area contributed by atoms with Crippen molar-refractivity contribution in [3.63, 3.8) is 0 Å². The molecule has 0 aliphatic heterocycles. The molecule has 0 radical (unpaired) electrons. The summed E-state index contributed by atoms with van der Waals surface area (Å²) in [6.07, 6.45) is -2.86. The van der Waals surface area contributed by atoms with Gasteiger partial charge in [0.25, 0.3) is 0 Å². The fourth-order valence-corrected chi connectivity index (χ4v) is 1.82. The van der Waals surface area contributed by atoms with Crippen LogP contribution in [0, 0.1) is 10.5 Å². The molecule has 0 aliphatic carbocycles. The van der Waals surface area contributed by atoms with E-state index in [1.165, 1.54) is 0 Å². The van der Waals surface area contributed by atoms with Gasteiger partial charge in [-0.05, 0) is 35.9 Å². The number of nitrogens with zero attached hydrogens (tertiary/aromatic N) is 2. The van der Waals surface area contributed by atoms with Crippen molar-refractivity contribution in [1.82, 2.24) is 9.97 Å². The van der Waals surface area contributed by atoms with E-state index in [4.69, 9.17) is 0 Å². The van der Waals surface area contributed by atoms with Gasteiger partial charge in [0, 0.05) is 6.54 Å². The fourth-order valence-electron chi connectivity index (χ4n) is 1.38. The number of nitrogens with one attached hydrogen (secondary N) is 1. The molecule has 0 saturated heterocycles. The smallest absolute Gasteiger partial charge is 0.330 e. The predicted molar refractivity (Wildman–Crippen MR) is 78.9 cm³/mol. The second-order valence-electron chi connectivity index (χ2n) is 4.37. The van der Waals surface area contributed by atoms with Crippen LogP contribution in [0.15, 0.2) is 0 Å². The summed E-state index contributed by atoms with van der Waals surface area (Å²) in [4.78, 5) is 8.24. The summed E-state index contributed by atoms with van der Waals surface area (Å²) >= 11 is 2.07. The first kappa shape index (κ1) is 18.3. The fraction of sp³-hybridized carbons (Fsp3) is 0.667. The van der Waals surface area contributed by atoms with Crippen molar-refractivity contribution in [1.29, 1.82) is 0 Å². The standard InChI is InChI=1S/C12H16F4IN3O/c1-3-4-18-10-9(17)7(2)19-8(20-10)5-21-6-12(15,16)11(13)14/h11H,3-6H2,1-2H3,(H,18,19,20). The lowest BCUT2D eigenvalue weighted by molar-refractivity contribution is -0.168. The zero-order chi connectivity index (χ0) is 16.0. The van der Waals surface area contributed by atoms with Crippen LogP contribution in [0.3, 0.4) is 0 Å². The zero-order valence-corrected chi connectivity index (χ0v) is 13.8. The lowest BCUT2D eigenvalue weighted by Crippen LogP contribution is -2.32. The lowest BCUT2D eigenvalue weighted by atomic mass is 10.4. The molecule has 0 atom stereocenters. The first-order chi connectivity index (χ1) is 9.77. The summed E-state index contributed by atoms with van der Waals surface area (Å²) in [5.41, 5.74) is 0.670. The van der Waals surface area contributed by atoms with Gasteiger partial charge in [-0.2, -0.15) is 8.78 Å². The molecule has 0 bridgehead atoms. The Bertz CT molecular complexity index is 474. The molecule has 120 valence electrons. The topological polar surface area (TPSA) is 47.0 Å². The third-order valence-electron chi connectivity index (χ3n) is 2.45. The summed E-state index contributed by atoms with van der Waals surface area (Å²) in [5.74, 6) is -3.40. The molecule has 1 heterocycles. The second-order valence-corrected chi connectivity index (χ2v) is 5.45. The van der Waals surface area contributed by atoms with Gasteiger partial charge in [-0.3, -0.25) is 0 Å². The maximum Gasteiger partial charge on any atom is 0.330 e. The quantitative estimate of drug-likeness (QED) is 0.515. The Morgan fingerprint density at radius 2 is 2.00 bits per heavy atom. The molecule has 0 saturated carbocycles. The highest BCUT2D eigenvalue weighted by molar-refractivity contribution is 14.1. The molecular weight excluding hydrogens is 405 g/mol. The van der Waals surface area contributed by atoms with Crippen LogP contribution in [0.1, 0.15) is 24.9 Å². The van der Waals surface area contributed by atoms with Crippen LogP contribution in [-0.4, -0.2) is 35.5 Å². The number of aromatic nitrogens is 2. The first-order valence-corrected chi connectivity index (χ1v) is 7.36. The van der Waals surface area contributed by atoms with Crippen LogP contribution in [0.4, 0.5) is 23.4 Å². The molecule has 9 heteroatoms. The van der Waals surface area contributed by atoms with E-state index in [0.29, 0.717) is 18.1 Å². The van der Waals surface area contributed by atoms with Crippen LogP contribution in [0.25, 0.3) is 0 Å². The van der Waals surface area contributed by atoms with Crippen molar-refractivity contribution in [2.45, 2.75) is 39.2 Å². The Balaban J connectivity index is 2.69. The number of hydrogen-bond acceptors (Lipinski definition) is 4. The van der Waals surface area contributed by atoms with Gasteiger partial charge < -0.3 is 10.1 Å². The van der Waals surface area contributed by atoms with Gasteiger partial charge in [0.05, 0.1) is 9.26 Å². The van der Waals surface area contributed by atoms with Crippen molar-refractivity contribution in [2.24, 2.45) is 0 Å². The van der Waals surface area contributed by atoms with Gasteiger partial charge in [-0.15, -0.1) is 0 Å². The van der Waals surface area contributed by atoms with Crippen molar-refractivity contribution in [2.75, 3.05) is 18.5 Å². The minimum absolute atomic E-state index is 0.177. The van der Waals surface area contributed by atoms with Gasteiger partial charge >= 0.3 is 12.3 Å². The van der Waals surface area contributed by atoms with Gasteiger partial charge in [0.1, 0.15) is 19.0 Å². The molecule has 4 nitrogen and oxygen atoms in total. The SMILES string of the molecule is CCCNc1nc(COCC(F)(F)C(F)F)nc(C)c1I. The Labute approximate surface area is 133 Å². The van der Waals surface area contributed by atoms with Crippen LogP contribution in [0.5, 0.6) is 0 Å². The molecule has 21 heavy (non-hydrogen) atoms. The summed E-state index contributed by atoms with van der Waals surface area (Å²) in [6.45, 7) is 2.73. The van der Waals surface area contributed by atoms with Crippen molar-refractivity contribution < 1.29 is 22.3 Å². The molecule has 1 N–H and O–H groups in total. The van der Waals surface area contributed by atoms with E-state index in [1.54, 1.807) is 6.92 Å². The number of anilines is 1. The average molecular weight is 421 g/mol. The highest BCUT2D eigenvalue weighted by Crippen LogP contribution is 2.23. The van der Waals surface area contributed by atoms with Gasteiger partial charge in [0.2, 0.25) is 0 Å². The summed E-state index contributed by atoms with van der Waals surface area (Å²) in [7, 11) is 0. The van der Waals surface area contributed by atoms with Crippen LogP contribution < -0.4 is 5.32 Å². The van der Waals surface area contributed by atoms with E-state index in [0.717, 1.165) is 9.99 Å². The van der Waals surface area contributed by atoms with Gasteiger partial charge in [0.15, 0.2) is 5.82 Å². The highest BCUT2D eigenvalue weighted by Gasteiger charge is 2.41. The van der Waals surface area contributed by atoms with Crippen LogP contribution in [-0.2, 0) is 11.3 Å². The van der Waals surface area contributed by atoms with Crippen molar-refractivity contribution >= 4 is 28.4 Å². The number of hydrogen-bond donors (Lipinski definition) is 1. The third kappa shape index (κ3) is 5.53. The molecule has 0 aromatic carbocycles. The first-order valence-electron chi connectivity index (χ1n) is 6.28. The van der Waals surface area contributed by atoms with E-state index in [2.05, 4.69) is 42.6 Å². The van der Waals surface area contributed by atoms with Crippen molar-refractivity contribution in [3.05, 3.63) is 15.1 Å². The summed E-state index contributed by atoms with van der Waals surface area (Å²) in [6, 6.07) is 0. The van der Waals surface area contributed by atoms with Gasteiger partial charge in [-0.1, -0.05) is 6.92 Å². The van der Waals surface area contributed by atoms with Gasteiger partial charge in [-0.25, -0.2) is 18.7 Å². The van der Waals surface area contributed by atoms with E-state index in [1.807, 2.05) is 6.92 Å². The summed E-state index contributed by atoms with van der Waals surface area (Å²) in [5, 5.41) is 3.09. The predicted octanol–water partition coefficient (Wildman–Crippen LogP) is 3.63. The minimum atomic E-state index is -4.17. The average Bonchev–Trinajstić information content (AvgIpc) is 2.40. The number of halogens is 5. The molecule has 0 fully saturated rings. The Morgan fingerprint density at radius 1 is 1.33 bits per heavy atom. The van der Waals surface area contributed by atoms with E-state index in [-0.39, 0.29) is 12.4 Å². The molecule has 1 aromatic rings. The molecule has 0 spiro atoms. The molecule has 1 aromatic heterocycles. The minimum Gasteiger partial charge on any atom is -0.369 e. The number of ether oxygens (including phenoxy) is 1. The molecular formula is C12H16F4IN3O. The Kier molecular flexibility index (Phi) is 7.04. The molecule has 0 unspecified atom stereocenters. The van der Waals surface area contributed by atoms with Crippen LogP contribution >= 0.6 is 22.6 Å². The molecule has 0 amide bonds. The highest BCUT2D eigenvalue weighted by atomic mass is 127. The lowest BCUT2D eigenvalue weighted by Gasteiger charge is -2.15. The summed E-state index contributed by atoms with van der Waals surface area (Å²) < 4.78 is 54.8. The van der Waals surface area contributed by atoms with E-state index in [9.17, 15) is 17.6 Å². The van der Waals surface area contributed by atoms with Crippen molar-refractivity contribution in [3.8, 4) is 0 Å². The second kappa shape index (κ2) is 8.06. The number of rotatable bonds is 8. The largest absolute Gasteiger partial charge is 0.369 e. The Morgan fingerprint density at radius 3 is 2.57 bits per heavy atom. The maximum absolute atomic E-state index is 12.7. The van der Waals surface area contributed by atoms with Crippen LogP contribution in [0.2, 0.25) is 0 Å². The molecule has 1 rings (SSSR count).